The van der Waals surface area contributed by atoms with Gasteiger partial charge >= 0.3 is 6.18 Å². The molecule has 3 aromatic rings. The third kappa shape index (κ3) is 3.48. The van der Waals surface area contributed by atoms with Crippen molar-refractivity contribution in [2.75, 3.05) is 36.0 Å². The summed E-state index contributed by atoms with van der Waals surface area (Å²) >= 11 is 6.29. The number of fused-ring (bicyclic) bond motifs is 3. The highest BCUT2D eigenvalue weighted by Gasteiger charge is 2.67. The van der Waals surface area contributed by atoms with Crippen molar-refractivity contribution in [3.05, 3.63) is 58.0 Å². The minimum atomic E-state index is -4.30. The van der Waals surface area contributed by atoms with Crippen LogP contribution in [-0.4, -0.2) is 62.5 Å². The van der Waals surface area contributed by atoms with Crippen molar-refractivity contribution in [1.29, 1.82) is 0 Å². The van der Waals surface area contributed by atoms with Crippen LogP contribution in [0.2, 0.25) is 5.02 Å². The number of anilines is 2. The van der Waals surface area contributed by atoms with Crippen LogP contribution in [0.25, 0.3) is 5.69 Å². The number of aryl methyl sites for hydroxylation is 2. The molecule has 0 atom stereocenters. The first-order valence-corrected chi connectivity index (χ1v) is 12.9. The SMILES string of the molecule is Cc1ccc(C)c(N2CC3(C2)CN(c2nnc4n2-c2ccc(Cl)cc2CN(C2(C(F)(F)F)CC2)C4)C3)n1. The summed E-state index contributed by atoms with van der Waals surface area (Å²) in [6.07, 6.45) is -4.09. The maximum atomic E-state index is 14.0. The summed E-state index contributed by atoms with van der Waals surface area (Å²) < 4.78 is 44.1. The maximum absolute atomic E-state index is 14.0. The second-order valence-electron chi connectivity index (χ2n) is 11.2. The molecule has 0 bridgehead atoms. The molecule has 0 unspecified atom stereocenters. The molecule has 7 rings (SSSR count). The van der Waals surface area contributed by atoms with Gasteiger partial charge in [-0.3, -0.25) is 9.47 Å². The lowest BCUT2D eigenvalue weighted by molar-refractivity contribution is -0.200. The zero-order valence-corrected chi connectivity index (χ0v) is 21.4. The molecule has 3 aliphatic heterocycles. The Labute approximate surface area is 217 Å². The van der Waals surface area contributed by atoms with E-state index in [4.69, 9.17) is 16.6 Å². The van der Waals surface area contributed by atoms with Gasteiger partial charge in [0.2, 0.25) is 5.95 Å². The molecule has 2 aromatic heterocycles. The molecule has 37 heavy (non-hydrogen) atoms. The molecule has 1 saturated carbocycles. The van der Waals surface area contributed by atoms with Gasteiger partial charge < -0.3 is 9.80 Å². The minimum Gasteiger partial charge on any atom is -0.355 e. The van der Waals surface area contributed by atoms with E-state index in [1.807, 2.05) is 23.6 Å². The summed E-state index contributed by atoms with van der Waals surface area (Å²) in [5.74, 6) is 2.26. The number of rotatable bonds is 3. The quantitative estimate of drug-likeness (QED) is 0.491. The molecule has 0 radical (unpaired) electrons. The third-order valence-electron chi connectivity index (χ3n) is 8.44. The van der Waals surface area contributed by atoms with E-state index in [2.05, 4.69) is 33.0 Å². The fourth-order valence-corrected chi connectivity index (χ4v) is 6.54. The van der Waals surface area contributed by atoms with Crippen LogP contribution in [-0.2, 0) is 13.1 Å². The van der Waals surface area contributed by atoms with Crippen LogP contribution in [0.4, 0.5) is 24.9 Å². The van der Waals surface area contributed by atoms with Crippen LogP contribution in [0.1, 0.15) is 35.5 Å². The van der Waals surface area contributed by atoms with Crippen LogP contribution in [0, 0.1) is 19.3 Å². The van der Waals surface area contributed by atoms with Gasteiger partial charge in [-0.1, -0.05) is 17.7 Å². The van der Waals surface area contributed by atoms with Gasteiger partial charge in [-0.15, -0.1) is 10.2 Å². The molecule has 194 valence electrons. The molecule has 5 heterocycles. The molecule has 7 nitrogen and oxygen atoms in total. The van der Waals surface area contributed by atoms with Crippen molar-refractivity contribution in [1.82, 2.24) is 24.6 Å². The van der Waals surface area contributed by atoms with Crippen LogP contribution in [0.5, 0.6) is 0 Å². The third-order valence-corrected chi connectivity index (χ3v) is 8.68. The highest BCUT2D eigenvalue weighted by Crippen LogP contribution is 2.55. The van der Waals surface area contributed by atoms with Crippen molar-refractivity contribution in [3.8, 4) is 5.69 Å². The Hall–Kier alpha value is -2.85. The zero-order chi connectivity index (χ0) is 25.7. The second-order valence-corrected chi connectivity index (χ2v) is 11.7. The fraction of sp³-hybridized carbons (Fsp3) is 0.500. The van der Waals surface area contributed by atoms with Crippen LogP contribution in [0.3, 0.4) is 0 Å². The summed E-state index contributed by atoms with van der Waals surface area (Å²) in [4.78, 5) is 10.8. The highest BCUT2D eigenvalue weighted by atomic mass is 35.5. The summed E-state index contributed by atoms with van der Waals surface area (Å²) in [5, 5.41) is 9.39. The Balaban J connectivity index is 1.16. The highest BCUT2D eigenvalue weighted by molar-refractivity contribution is 6.30. The van der Waals surface area contributed by atoms with Crippen molar-refractivity contribution < 1.29 is 13.2 Å². The normalized spacial score (nSPS) is 21.7. The topological polar surface area (TPSA) is 53.3 Å². The molecule has 0 N–H and O–H groups in total. The maximum Gasteiger partial charge on any atom is 0.406 e. The standard InChI is InChI=1S/C26H27ClF3N7/c1-16-3-4-17(2)31-22(16)34-12-24(13-34)14-35(15-24)23-33-32-21-11-36(25(7-8-25)26(28,29)30)10-18-9-19(27)5-6-20(18)37(21)23/h3-6,9H,7-8,10-15H2,1-2H3. The van der Waals surface area contributed by atoms with E-state index in [0.717, 1.165) is 48.9 Å². The van der Waals surface area contributed by atoms with Crippen LogP contribution < -0.4 is 9.80 Å². The molecule has 4 aliphatic rings. The predicted octanol–water partition coefficient (Wildman–Crippen LogP) is 4.67. The number of benzene rings is 1. The summed E-state index contributed by atoms with van der Waals surface area (Å²) in [7, 11) is 0. The lowest BCUT2D eigenvalue weighted by Crippen LogP contribution is -2.73. The molecule has 11 heteroatoms. The summed E-state index contributed by atoms with van der Waals surface area (Å²) in [5.41, 5.74) is 2.11. The molecule has 3 fully saturated rings. The van der Waals surface area contributed by atoms with E-state index in [0.29, 0.717) is 16.8 Å². The van der Waals surface area contributed by atoms with Gasteiger partial charge in [0.05, 0.1) is 12.2 Å². The van der Waals surface area contributed by atoms with Crippen molar-refractivity contribution in [2.24, 2.45) is 5.41 Å². The Morgan fingerprint density at radius 3 is 2.35 bits per heavy atom. The number of hydrogen-bond donors (Lipinski definition) is 0. The summed E-state index contributed by atoms with van der Waals surface area (Å²) in [6.45, 7) is 7.85. The Morgan fingerprint density at radius 2 is 1.65 bits per heavy atom. The lowest BCUT2D eigenvalue weighted by atomic mass is 9.73. The van der Waals surface area contributed by atoms with Crippen LogP contribution >= 0.6 is 11.6 Å². The first-order chi connectivity index (χ1) is 17.6. The average molecular weight is 530 g/mol. The molecule has 1 spiro atoms. The molecule has 2 saturated heterocycles. The van der Waals surface area contributed by atoms with Crippen molar-refractivity contribution in [3.63, 3.8) is 0 Å². The number of halogens is 4. The van der Waals surface area contributed by atoms with Gasteiger partial charge in [-0.25, -0.2) is 4.98 Å². The number of pyridine rings is 1. The zero-order valence-electron chi connectivity index (χ0n) is 20.7. The molecular formula is C26H27ClF3N7. The molecular weight excluding hydrogens is 503 g/mol. The van der Waals surface area contributed by atoms with Crippen LogP contribution in [0.15, 0.2) is 30.3 Å². The van der Waals surface area contributed by atoms with Gasteiger partial charge in [0, 0.05) is 48.9 Å². The first kappa shape index (κ1) is 23.3. The number of hydrogen-bond acceptors (Lipinski definition) is 6. The Morgan fingerprint density at radius 1 is 0.919 bits per heavy atom. The van der Waals surface area contributed by atoms with E-state index in [1.54, 1.807) is 12.1 Å². The molecule has 1 aliphatic carbocycles. The van der Waals surface area contributed by atoms with E-state index >= 15 is 0 Å². The smallest absolute Gasteiger partial charge is 0.355 e. The second kappa shape index (κ2) is 7.60. The summed E-state index contributed by atoms with van der Waals surface area (Å²) in [6, 6.07) is 9.56. The van der Waals surface area contributed by atoms with E-state index < -0.39 is 11.7 Å². The van der Waals surface area contributed by atoms with Gasteiger partial charge in [0.25, 0.3) is 0 Å². The molecule has 0 amide bonds. The predicted molar refractivity (Wildman–Crippen MR) is 134 cm³/mol. The van der Waals surface area contributed by atoms with E-state index in [9.17, 15) is 13.2 Å². The lowest BCUT2D eigenvalue weighted by Gasteiger charge is -2.60. The Bertz CT molecular complexity index is 1400. The minimum absolute atomic E-state index is 0.0872. The number of alkyl halides is 3. The monoisotopic (exact) mass is 529 g/mol. The van der Waals surface area contributed by atoms with Gasteiger partial charge in [0.1, 0.15) is 11.4 Å². The van der Waals surface area contributed by atoms with Gasteiger partial charge in [-0.2, -0.15) is 13.2 Å². The molecule has 1 aromatic carbocycles. The fourth-order valence-electron chi connectivity index (χ4n) is 6.34. The number of aromatic nitrogens is 4. The van der Waals surface area contributed by atoms with Gasteiger partial charge in [0.15, 0.2) is 5.82 Å². The van der Waals surface area contributed by atoms with Gasteiger partial charge in [-0.05, 0) is 62.1 Å². The largest absolute Gasteiger partial charge is 0.406 e. The first-order valence-electron chi connectivity index (χ1n) is 12.6. The average Bonchev–Trinajstić information content (AvgIpc) is 3.54. The van der Waals surface area contributed by atoms with Crippen molar-refractivity contribution >= 4 is 23.4 Å². The number of nitrogens with zero attached hydrogens (tertiary/aromatic N) is 7. The Kier molecular flexibility index (Phi) is 4.78. The van der Waals surface area contributed by atoms with E-state index in [-0.39, 0.29) is 31.3 Å². The van der Waals surface area contributed by atoms with Crippen molar-refractivity contribution in [2.45, 2.75) is 51.5 Å². The van der Waals surface area contributed by atoms with E-state index in [1.165, 1.54) is 10.5 Å².